The van der Waals surface area contributed by atoms with Gasteiger partial charge in [0.15, 0.2) is 5.82 Å². The highest BCUT2D eigenvalue weighted by Gasteiger charge is 2.47. The van der Waals surface area contributed by atoms with Gasteiger partial charge in [-0.15, -0.1) is 0 Å². The summed E-state index contributed by atoms with van der Waals surface area (Å²) in [6.45, 7) is 10.0. The second-order valence-corrected chi connectivity index (χ2v) is 11.8. The summed E-state index contributed by atoms with van der Waals surface area (Å²) in [5.74, 6) is 3.10. The van der Waals surface area contributed by atoms with Gasteiger partial charge in [-0.3, -0.25) is 4.90 Å². The van der Waals surface area contributed by atoms with Crippen LogP contribution in [0.25, 0.3) is 16.7 Å². The molecule has 2 aromatic heterocycles. The zero-order valence-electron chi connectivity index (χ0n) is 21.5. The zero-order valence-corrected chi connectivity index (χ0v) is 21.5. The summed E-state index contributed by atoms with van der Waals surface area (Å²) in [4.78, 5) is 14.8. The van der Waals surface area contributed by atoms with E-state index in [4.69, 9.17) is 19.8 Å². The zero-order chi connectivity index (χ0) is 24.6. The van der Waals surface area contributed by atoms with E-state index in [0.717, 1.165) is 80.3 Å². The maximum atomic E-state index is 10.4. The van der Waals surface area contributed by atoms with Crippen LogP contribution in [-0.2, 0) is 4.74 Å². The lowest BCUT2D eigenvalue weighted by Crippen LogP contribution is -2.57. The quantitative estimate of drug-likeness (QED) is 0.602. The number of benzene rings is 1. The Bertz CT molecular complexity index is 1300. The van der Waals surface area contributed by atoms with Gasteiger partial charge in [-0.25, -0.2) is 14.6 Å². The number of anilines is 1. The van der Waals surface area contributed by atoms with Crippen molar-refractivity contribution in [1.29, 1.82) is 0 Å². The molecular weight excluding hydrogens is 452 g/mol. The molecule has 3 aliphatic heterocycles. The van der Waals surface area contributed by atoms with Crippen LogP contribution in [0.5, 0.6) is 0 Å². The fourth-order valence-corrected chi connectivity index (χ4v) is 7.01. The number of aliphatic hydroxyl groups is 1. The van der Waals surface area contributed by atoms with Crippen LogP contribution in [0.3, 0.4) is 0 Å². The first kappa shape index (κ1) is 22.6. The number of ether oxygens (including phenoxy) is 1. The number of hydrogen-bond acceptors (Lipinski definition) is 7. The summed E-state index contributed by atoms with van der Waals surface area (Å²) in [5, 5.41) is 16.3. The molecule has 36 heavy (non-hydrogen) atoms. The smallest absolute Gasteiger partial charge is 0.159 e. The summed E-state index contributed by atoms with van der Waals surface area (Å²) in [5.41, 5.74) is 3.25. The Balaban J connectivity index is 1.20. The Morgan fingerprint density at radius 3 is 2.44 bits per heavy atom. The number of likely N-dealkylation sites (tertiary alicyclic amines) is 1. The molecule has 1 aromatic carbocycles. The molecule has 8 heteroatoms. The van der Waals surface area contributed by atoms with Gasteiger partial charge < -0.3 is 14.7 Å². The third-order valence-electron chi connectivity index (χ3n) is 9.15. The fraction of sp³-hybridized carbons (Fsp3) is 0.607. The van der Waals surface area contributed by atoms with Gasteiger partial charge in [0, 0.05) is 36.6 Å². The number of rotatable bonds is 4. The standard InChI is InChI=1S/C28H36N6O2/c1-17-8-20-12-29-34(25(20)10-24(17)19-4-6-28(3,35)7-5-19)27-11-26(30-18(2)31-27)33-14-21-9-22(33)13-32(21)23-15-36-16-23/h8,10-12,19,21-23,35H,4-7,9,13-16H2,1-3H3/t19-,21-,22-,28+/m0/s1. The SMILES string of the molecule is Cc1nc(N2C[C@@H]3C[C@H]2CN3C2COC2)cc(-n2ncc3cc(C)c([C@H]4CC[C@@](C)(O)CC4)cc32)n1. The largest absolute Gasteiger partial charge is 0.390 e. The van der Waals surface area contributed by atoms with Crippen molar-refractivity contribution >= 4 is 16.7 Å². The summed E-state index contributed by atoms with van der Waals surface area (Å²) >= 11 is 0. The minimum Gasteiger partial charge on any atom is -0.390 e. The molecule has 4 aliphatic rings. The van der Waals surface area contributed by atoms with Crippen molar-refractivity contribution in [2.75, 3.05) is 31.2 Å². The number of piperazine rings is 1. The maximum Gasteiger partial charge on any atom is 0.159 e. The minimum absolute atomic E-state index is 0.477. The Hall–Kier alpha value is -2.55. The molecule has 190 valence electrons. The summed E-state index contributed by atoms with van der Waals surface area (Å²) in [7, 11) is 0. The first-order valence-electron chi connectivity index (χ1n) is 13.5. The Labute approximate surface area is 212 Å². The molecule has 0 unspecified atom stereocenters. The third-order valence-corrected chi connectivity index (χ3v) is 9.15. The van der Waals surface area contributed by atoms with E-state index >= 15 is 0 Å². The number of aryl methyl sites for hydroxylation is 2. The number of fused-ring (bicyclic) bond motifs is 3. The highest BCUT2D eigenvalue weighted by atomic mass is 16.5. The molecule has 1 aliphatic carbocycles. The van der Waals surface area contributed by atoms with Crippen LogP contribution in [0.2, 0.25) is 0 Å². The molecule has 0 spiro atoms. The normalized spacial score (nSPS) is 30.9. The van der Waals surface area contributed by atoms with E-state index in [-0.39, 0.29) is 0 Å². The van der Waals surface area contributed by atoms with E-state index in [9.17, 15) is 5.11 Å². The van der Waals surface area contributed by atoms with Crippen LogP contribution in [0.15, 0.2) is 24.4 Å². The van der Waals surface area contributed by atoms with Crippen LogP contribution in [0, 0.1) is 13.8 Å². The first-order valence-corrected chi connectivity index (χ1v) is 13.5. The molecule has 1 N–H and O–H groups in total. The second-order valence-electron chi connectivity index (χ2n) is 11.8. The highest BCUT2D eigenvalue weighted by molar-refractivity contribution is 5.82. The van der Waals surface area contributed by atoms with Gasteiger partial charge in [-0.05, 0) is 82.1 Å². The van der Waals surface area contributed by atoms with Gasteiger partial charge in [0.1, 0.15) is 11.6 Å². The lowest BCUT2D eigenvalue weighted by atomic mass is 9.76. The topological polar surface area (TPSA) is 79.5 Å². The van der Waals surface area contributed by atoms with E-state index in [1.807, 2.05) is 24.7 Å². The van der Waals surface area contributed by atoms with Crippen LogP contribution >= 0.6 is 0 Å². The van der Waals surface area contributed by atoms with Crippen LogP contribution in [0.1, 0.15) is 61.9 Å². The summed E-state index contributed by atoms with van der Waals surface area (Å²) in [6.07, 6.45) is 6.90. The van der Waals surface area contributed by atoms with E-state index < -0.39 is 5.60 Å². The lowest BCUT2D eigenvalue weighted by Gasteiger charge is -2.42. The molecule has 1 saturated carbocycles. The summed E-state index contributed by atoms with van der Waals surface area (Å²) < 4.78 is 7.43. The van der Waals surface area contributed by atoms with Crippen molar-refractivity contribution < 1.29 is 9.84 Å². The van der Waals surface area contributed by atoms with Crippen molar-refractivity contribution in [1.82, 2.24) is 24.6 Å². The molecule has 3 aromatic rings. The Kier molecular flexibility index (Phi) is 5.17. The van der Waals surface area contributed by atoms with Crippen LogP contribution in [-0.4, -0.2) is 79.8 Å². The molecule has 5 heterocycles. The van der Waals surface area contributed by atoms with Gasteiger partial charge >= 0.3 is 0 Å². The molecule has 2 bridgehead atoms. The average molecular weight is 489 g/mol. The predicted molar refractivity (Wildman–Crippen MR) is 139 cm³/mol. The van der Waals surface area contributed by atoms with Crippen molar-refractivity contribution in [3.63, 3.8) is 0 Å². The van der Waals surface area contributed by atoms with E-state index in [1.54, 1.807) is 0 Å². The highest BCUT2D eigenvalue weighted by Crippen LogP contribution is 2.40. The summed E-state index contributed by atoms with van der Waals surface area (Å²) in [6, 6.07) is 8.39. The van der Waals surface area contributed by atoms with Gasteiger partial charge in [0.2, 0.25) is 0 Å². The predicted octanol–water partition coefficient (Wildman–Crippen LogP) is 3.50. The number of hydrogen-bond donors (Lipinski definition) is 1. The van der Waals surface area contributed by atoms with Gasteiger partial charge in [-0.1, -0.05) is 0 Å². The molecule has 7 rings (SSSR count). The molecule has 4 fully saturated rings. The molecule has 8 nitrogen and oxygen atoms in total. The van der Waals surface area contributed by atoms with Gasteiger partial charge in [0.05, 0.1) is 36.6 Å². The van der Waals surface area contributed by atoms with E-state index in [1.165, 1.54) is 17.5 Å². The Morgan fingerprint density at radius 2 is 1.75 bits per heavy atom. The van der Waals surface area contributed by atoms with E-state index in [0.29, 0.717) is 24.0 Å². The average Bonchev–Trinajstić information content (AvgIpc) is 3.51. The minimum atomic E-state index is -0.525. The Morgan fingerprint density at radius 1 is 0.972 bits per heavy atom. The second kappa shape index (κ2) is 8.23. The van der Waals surface area contributed by atoms with Gasteiger partial charge in [-0.2, -0.15) is 5.10 Å². The monoisotopic (exact) mass is 488 g/mol. The van der Waals surface area contributed by atoms with Crippen molar-refractivity contribution in [3.05, 3.63) is 41.3 Å². The molecule has 2 atom stereocenters. The number of aromatic nitrogens is 4. The lowest BCUT2D eigenvalue weighted by molar-refractivity contribution is -0.0708. The van der Waals surface area contributed by atoms with Crippen molar-refractivity contribution in [2.24, 2.45) is 0 Å². The molecular formula is C28H36N6O2. The fourth-order valence-electron chi connectivity index (χ4n) is 7.01. The van der Waals surface area contributed by atoms with Crippen molar-refractivity contribution in [2.45, 2.75) is 82.5 Å². The van der Waals surface area contributed by atoms with Gasteiger partial charge in [0.25, 0.3) is 0 Å². The first-order chi connectivity index (χ1) is 17.3. The molecule has 0 amide bonds. The number of nitrogens with zero attached hydrogens (tertiary/aromatic N) is 6. The molecule has 3 saturated heterocycles. The van der Waals surface area contributed by atoms with Crippen LogP contribution < -0.4 is 4.90 Å². The van der Waals surface area contributed by atoms with Crippen LogP contribution in [0.4, 0.5) is 5.82 Å². The maximum absolute atomic E-state index is 10.4. The third kappa shape index (κ3) is 3.73. The van der Waals surface area contributed by atoms with Crippen molar-refractivity contribution in [3.8, 4) is 5.82 Å². The molecule has 0 radical (unpaired) electrons. The van der Waals surface area contributed by atoms with E-state index in [2.05, 4.69) is 34.9 Å².